The minimum Gasteiger partial charge on any atom is -0.452 e. The quantitative estimate of drug-likeness (QED) is 0.308. The van der Waals surface area contributed by atoms with Crippen LogP contribution in [0, 0.1) is 0 Å². The van der Waals surface area contributed by atoms with Gasteiger partial charge in [0.05, 0.1) is 21.8 Å². The van der Waals surface area contributed by atoms with Gasteiger partial charge in [0, 0.05) is 18.5 Å². The Labute approximate surface area is 222 Å². The molecule has 1 heterocycles. The molecule has 0 atom stereocenters. The van der Waals surface area contributed by atoms with Gasteiger partial charge in [-0.2, -0.15) is 0 Å². The number of carbonyl (C=O) groups is 2. The third kappa shape index (κ3) is 4.87. The van der Waals surface area contributed by atoms with Crippen molar-refractivity contribution < 1.29 is 22.7 Å². The van der Waals surface area contributed by atoms with E-state index in [-0.39, 0.29) is 16.4 Å². The molecule has 0 bridgehead atoms. The zero-order valence-electron chi connectivity index (χ0n) is 21.0. The maximum absolute atomic E-state index is 13.5. The van der Waals surface area contributed by atoms with Gasteiger partial charge in [0.2, 0.25) is 0 Å². The third-order valence-corrected chi connectivity index (χ3v) is 8.54. The highest BCUT2D eigenvalue weighted by molar-refractivity contribution is 7.92. The summed E-state index contributed by atoms with van der Waals surface area (Å²) in [5, 5.41) is 1.93. The Morgan fingerprint density at radius 2 is 1.66 bits per heavy atom. The summed E-state index contributed by atoms with van der Waals surface area (Å²) in [5.74, 6) is -1.13. The van der Waals surface area contributed by atoms with Crippen molar-refractivity contribution in [2.45, 2.75) is 24.7 Å². The van der Waals surface area contributed by atoms with Crippen LogP contribution in [0.2, 0.25) is 0 Å². The topological polar surface area (TPSA) is 84.0 Å². The minimum atomic E-state index is -3.89. The van der Waals surface area contributed by atoms with Gasteiger partial charge in [0.15, 0.2) is 6.61 Å². The fraction of sp³-hybridized carbons (Fsp3) is 0.200. The Kier molecular flexibility index (Phi) is 7.15. The van der Waals surface area contributed by atoms with Crippen LogP contribution in [0.5, 0.6) is 0 Å². The van der Waals surface area contributed by atoms with Crippen molar-refractivity contribution in [1.82, 2.24) is 0 Å². The number of amides is 1. The average Bonchev–Trinajstić information content (AvgIpc) is 2.96. The number of ether oxygens (including phenoxy) is 1. The van der Waals surface area contributed by atoms with Gasteiger partial charge in [-0.25, -0.2) is 13.2 Å². The molecule has 0 aromatic heterocycles. The molecule has 38 heavy (non-hydrogen) atoms. The van der Waals surface area contributed by atoms with Crippen LogP contribution in [-0.4, -0.2) is 40.0 Å². The number of benzene rings is 4. The summed E-state index contributed by atoms with van der Waals surface area (Å²) < 4.78 is 33.7. The first kappa shape index (κ1) is 25.5. The molecule has 0 unspecified atom stereocenters. The van der Waals surface area contributed by atoms with Crippen molar-refractivity contribution in [3.63, 3.8) is 0 Å². The molecule has 8 heteroatoms. The second-order valence-corrected chi connectivity index (χ2v) is 10.9. The van der Waals surface area contributed by atoms with Crippen molar-refractivity contribution >= 4 is 44.0 Å². The van der Waals surface area contributed by atoms with Crippen molar-refractivity contribution in [3.05, 3.63) is 102 Å². The van der Waals surface area contributed by atoms with Gasteiger partial charge in [0.1, 0.15) is 0 Å². The first-order chi connectivity index (χ1) is 18.4. The molecule has 194 valence electrons. The maximum atomic E-state index is 13.5. The molecule has 0 aliphatic carbocycles. The monoisotopic (exact) mass is 528 g/mol. The molecular formula is C30H28N2O5S. The summed E-state index contributed by atoms with van der Waals surface area (Å²) in [7, 11) is -3.89. The number of hydrogen-bond acceptors (Lipinski definition) is 5. The molecule has 4 aromatic carbocycles. The zero-order valence-corrected chi connectivity index (χ0v) is 21.9. The number of hydrogen-bond donors (Lipinski definition) is 0. The lowest BCUT2D eigenvalue weighted by Crippen LogP contribution is -2.35. The molecule has 5 rings (SSSR count). The molecule has 1 amide bonds. The summed E-state index contributed by atoms with van der Waals surface area (Å²) in [6, 6.07) is 26.7. The highest BCUT2D eigenvalue weighted by Gasteiger charge is 2.29. The van der Waals surface area contributed by atoms with Crippen LogP contribution in [0.25, 0.3) is 10.8 Å². The highest BCUT2D eigenvalue weighted by atomic mass is 32.2. The number of aryl methyl sites for hydroxylation is 1. The summed E-state index contributed by atoms with van der Waals surface area (Å²) in [4.78, 5) is 27.5. The first-order valence-electron chi connectivity index (χ1n) is 12.6. The molecular weight excluding hydrogens is 500 g/mol. The number of esters is 1. The van der Waals surface area contributed by atoms with Gasteiger partial charge in [0.25, 0.3) is 15.9 Å². The smallest absolute Gasteiger partial charge is 0.338 e. The molecule has 1 aliphatic heterocycles. The number of rotatable bonds is 7. The Hall–Kier alpha value is -4.17. The normalized spacial score (nSPS) is 13.1. The van der Waals surface area contributed by atoms with Crippen LogP contribution >= 0.6 is 0 Å². The van der Waals surface area contributed by atoms with Crippen LogP contribution in [0.3, 0.4) is 0 Å². The van der Waals surface area contributed by atoms with Gasteiger partial charge in [-0.05, 0) is 61.0 Å². The lowest BCUT2D eigenvalue weighted by Gasteiger charge is -2.30. The van der Waals surface area contributed by atoms with E-state index in [4.69, 9.17) is 4.74 Å². The largest absolute Gasteiger partial charge is 0.452 e. The van der Waals surface area contributed by atoms with Crippen molar-refractivity contribution in [2.75, 3.05) is 28.9 Å². The summed E-state index contributed by atoms with van der Waals surface area (Å²) in [6.45, 7) is 2.15. The van der Waals surface area contributed by atoms with E-state index in [9.17, 15) is 18.0 Å². The van der Waals surface area contributed by atoms with E-state index in [2.05, 4.69) is 0 Å². The van der Waals surface area contributed by atoms with Crippen LogP contribution in [0.4, 0.5) is 11.4 Å². The third-order valence-electron chi connectivity index (χ3n) is 6.73. The number of sulfonamides is 1. The fourth-order valence-electron chi connectivity index (χ4n) is 4.87. The number of nitrogens with zero attached hydrogens (tertiary/aromatic N) is 2. The average molecular weight is 529 g/mol. The Bertz CT molecular complexity index is 1610. The SMILES string of the molecule is CCN(C(=O)COC(=O)c1cccc(S(=O)(=O)N2CCCc3ccccc32)c1)c1cccc2ccccc12. The molecule has 0 spiro atoms. The Morgan fingerprint density at radius 1 is 0.921 bits per heavy atom. The molecule has 0 N–H and O–H groups in total. The van der Waals surface area contributed by atoms with Crippen molar-refractivity contribution in [2.24, 2.45) is 0 Å². The second kappa shape index (κ2) is 10.7. The summed E-state index contributed by atoms with van der Waals surface area (Å²) in [5.41, 5.74) is 2.44. The van der Waals surface area contributed by atoms with Crippen LogP contribution in [-0.2, 0) is 26.0 Å². The molecule has 4 aromatic rings. The lowest BCUT2D eigenvalue weighted by atomic mass is 10.0. The van der Waals surface area contributed by atoms with E-state index in [0.717, 1.165) is 28.4 Å². The first-order valence-corrected chi connectivity index (χ1v) is 14.0. The van der Waals surface area contributed by atoms with Gasteiger partial charge < -0.3 is 9.64 Å². The fourth-order valence-corrected chi connectivity index (χ4v) is 6.46. The van der Waals surface area contributed by atoms with Gasteiger partial charge in [-0.1, -0.05) is 60.7 Å². The molecule has 0 saturated heterocycles. The van der Waals surface area contributed by atoms with Crippen molar-refractivity contribution in [3.8, 4) is 0 Å². The number of carbonyl (C=O) groups excluding carboxylic acids is 2. The van der Waals surface area contributed by atoms with Crippen LogP contribution in [0.1, 0.15) is 29.3 Å². The predicted octanol–water partition coefficient (Wildman–Crippen LogP) is 5.19. The molecule has 0 fully saturated rings. The number of fused-ring (bicyclic) bond motifs is 2. The predicted molar refractivity (Wildman–Crippen MR) is 148 cm³/mol. The van der Waals surface area contributed by atoms with Crippen molar-refractivity contribution in [1.29, 1.82) is 0 Å². The van der Waals surface area contributed by atoms with Crippen LogP contribution in [0.15, 0.2) is 95.9 Å². The van der Waals surface area contributed by atoms with Gasteiger partial charge in [-0.15, -0.1) is 0 Å². The number of likely N-dealkylation sites (N-methyl/N-ethyl adjacent to an activating group) is 1. The highest BCUT2D eigenvalue weighted by Crippen LogP contribution is 2.32. The summed E-state index contributed by atoms with van der Waals surface area (Å²) >= 11 is 0. The number of para-hydroxylation sites is 1. The van der Waals surface area contributed by atoms with E-state index in [0.29, 0.717) is 25.2 Å². The Morgan fingerprint density at radius 3 is 2.50 bits per heavy atom. The summed E-state index contributed by atoms with van der Waals surface area (Å²) in [6.07, 6.45) is 1.53. The van der Waals surface area contributed by atoms with Gasteiger partial charge >= 0.3 is 5.97 Å². The Balaban J connectivity index is 1.32. The van der Waals surface area contributed by atoms with E-state index in [1.54, 1.807) is 11.0 Å². The standard InChI is InChI=1S/C30H28N2O5S/c1-2-31(28-18-8-12-22-10-3-5-16-26(22)28)29(33)21-37-30(34)24-13-7-15-25(20-24)38(35,36)32-19-9-14-23-11-4-6-17-27(23)32/h3-8,10-13,15-18,20H,2,9,14,19,21H2,1H3. The van der Waals surface area contributed by atoms with Gasteiger partial charge in [-0.3, -0.25) is 9.10 Å². The molecule has 0 saturated carbocycles. The van der Waals surface area contributed by atoms with E-state index < -0.39 is 22.6 Å². The van der Waals surface area contributed by atoms with Crippen LogP contribution < -0.4 is 9.21 Å². The number of anilines is 2. The van der Waals surface area contributed by atoms with E-state index >= 15 is 0 Å². The van der Waals surface area contributed by atoms with E-state index in [1.807, 2.05) is 67.6 Å². The minimum absolute atomic E-state index is 0.000852. The molecule has 1 aliphatic rings. The molecule has 0 radical (unpaired) electrons. The maximum Gasteiger partial charge on any atom is 0.338 e. The zero-order chi connectivity index (χ0) is 26.7. The lowest BCUT2D eigenvalue weighted by molar-refractivity contribution is -0.121. The molecule has 7 nitrogen and oxygen atoms in total. The second-order valence-electron chi connectivity index (χ2n) is 9.05. The van der Waals surface area contributed by atoms with E-state index in [1.165, 1.54) is 28.6 Å².